The predicted octanol–water partition coefficient (Wildman–Crippen LogP) is 1.90. The summed E-state index contributed by atoms with van der Waals surface area (Å²) in [6, 6.07) is 1.63. The van der Waals surface area contributed by atoms with Gasteiger partial charge in [0, 0.05) is 6.07 Å². The zero-order valence-corrected chi connectivity index (χ0v) is 14.6. The molecule has 24 heavy (non-hydrogen) atoms. The number of amides is 1. The molecule has 0 saturated carbocycles. The number of H-pyrrole nitrogens is 1. The number of thiophene rings is 1. The Bertz CT molecular complexity index is 969. The minimum absolute atomic E-state index is 0.234. The largest absolute Gasteiger partial charge is 0.360 e. The van der Waals surface area contributed by atoms with Crippen LogP contribution >= 0.6 is 11.3 Å². The van der Waals surface area contributed by atoms with Crippen molar-refractivity contribution in [2.45, 2.75) is 20.4 Å². The Balaban J connectivity index is 1.99. The van der Waals surface area contributed by atoms with E-state index in [1.54, 1.807) is 19.9 Å². The Morgan fingerprint density at radius 3 is 2.79 bits per heavy atom. The molecule has 0 fully saturated rings. The fourth-order valence-corrected chi connectivity index (χ4v) is 3.47. The maximum absolute atomic E-state index is 12.5. The molecule has 8 nitrogen and oxygen atoms in total. The molecule has 3 aromatic heterocycles. The molecule has 0 aliphatic carbocycles. The fraction of sp³-hybridized carbons (Fsp3) is 0.333. The van der Waals surface area contributed by atoms with E-state index in [9.17, 15) is 9.59 Å². The van der Waals surface area contributed by atoms with E-state index in [0.717, 1.165) is 0 Å². The van der Waals surface area contributed by atoms with E-state index >= 15 is 0 Å². The molecule has 0 unspecified atom stereocenters. The molecule has 126 valence electrons. The average molecular weight is 347 g/mol. The number of anilines is 1. The molecule has 3 aromatic rings. The monoisotopic (exact) mass is 347 g/mol. The molecule has 0 radical (unpaired) electrons. The van der Waals surface area contributed by atoms with Crippen LogP contribution in [-0.2, 0) is 6.54 Å². The molecule has 0 bridgehead atoms. The summed E-state index contributed by atoms with van der Waals surface area (Å²) in [5.74, 6) is 1.17. The topological polar surface area (TPSA) is 104 Å². The number of aromatic amines is 1. The van der Waals surface area contributed by atoms with E-state index in [0.29, 0.717) is 44.6 Å². The van der Waals surface area contributed by atoms with Crippen molar-refractivity contribution < 1.29 is 9.32 Å². The number of hydrogen-bond donors (Lipinski definition) is 2. The minimum Gasteiger partial charge on any atom is -0.360 e. The van der Waals surface area contributed by atoms with Crippen LogP contribution in [0.2, 0.25) is 0 Å². The van der Waals surface area contributed by atoms with Gasteiger partial charge in [0.05, 0.1) is 16.8 Å². The molecule has 0 aromatic carbocycles. The van der Waals surface area contributed by atoms with Crippen molar-refractivity contribution in [2.75, 3.05) is 19.4 Å². The van der Waals surface area contributed by atoms with Crippen LogP contribution in [0.15, 0.2) is 15.4 Å². The van der Waals surface area contributed by atoms with Crippen LogP contribution in [0.4, 0.5) is 5.82 Å². The standard InChI is InChI=1S/C15H17N5O3S/c1-7-5-9(19-23-7)16-14(22)12-8(2)11-13(21)17-10(6-20(3)4)18-15(11)24-12/h5H,6H2,1-4H3,(H,16,19,22)(H,17,18,21). The van der Waals surface area contributed by atoms with Gasteiger partial charge in [0.15, 0.2) is 5.82 Å². The number of nitrogens with zero attached hydrogens (tertiary/aromatic N) is 3. The highest BCUT2D eigenvalue weighted by atomic mass is 32.1. The van der Waals surface area contributed by atoms with Gasteiger partial charge in [-0.05, 0) is 33.5 Å². The van der Waals surface area contributed by atoms with Crippen LogP contribution < -0.4 is 10.9 Å². The van der Waals surface area contributed by atoms with E-state index in [-0.39, 0.29) is 11.5 Å². The SMILES string of the molecule is Cc1cc(NC(=O)c2sc3nc(CN(C)C)[nH]c(=O)c3c2C)no1. The Labute approximate surface area is 141 Å². The van der Waals surface area contributed by atoms with E-state index in [2.05, 4.69) is 20.4 Å². The lowest BCUT2D eigenvalue weighted by molar-refractivity contribution is 0.102. The van der Waals surface area contributed by atoms with Gasteiger partial charge in [-0.15, -0.1) is 11.3 Å². The summed E-state index contributed by atoms with van der Waals surface area (Å²) in [7, 11) is 3.78. The molecule has 1 amide bonds. The van der Waals surface area contributed by atoms with E-state index in [1.165, 1.54) is 11.3 Å². The molecule has 3 rings (SSSR count). The second-order valence-electron chi connectivity index (χ2n) is 5.76. The number of hydrogen-bond acceptors (Lipinski definition) is 7. The highest BCUT2D eigenvalue weighted by Crippen LogP contribution is 2.27. The van der Waals surface area contributed by atoms with Gasteiger partial charge in [0.1, 0.15) is 16.4 Å². The van der Waals surface area contributed by atoms with Crippen molar-refractivity contribution in [1.29, 1.82) is 0 Å². The number of rotatable bonds is 4. The molecular weight excluding hydrogens is 330 g/mol. The maximum Gasteiger partial charge on any atom is 0.267 e. The number of carbonyl (C=O) groups excluding carboxylic acids is 1. The lowest BCUT2D eigenvalue weighted by Crippen LogP contribution is -2.18. The summed E-state index contributed by atoms with van der Waals surface area (Å²) in [5.41, 5.74) is 0.375. The first-order valence-electron chi connectivity index (χ1n) is 7.27. The second-order valence-corrected chi connectivity index (χ2v) is 6.76. The van der Waals surface area contributed by atoms with Gasteiger partial charge in [0.25, 0.3) is 11.5 Å². The fourth-order valence-electron chi connectivity index (χ4n) is 2.38. The van der Waals surface area contributed by atoms with Crippen LogP contribution in [0, 0.1) is 13.8 Å². The third kappa shape index (κ3) is 3.08. The van der Waals surface area contributed by atoms with Crippen LogP contribution in [0.1, 0.15) is 26.8 Å². The minimum atomic E-state index is -0.336. The van der Waals surface area contributed by atoms with Crippen molar-refractivity contribution in [1.82, 2.24) is 20.0 Å². The number of carbonyl (C=O) groups is 1. The highest BCUT2D eigenvalue weighted by molar-refractivity contribution is 7.20. The molecule has 9 heteroatoms. The Kier molecular flexibility index (Phi) is 4.20. The molecule has 0 saturated heterocycles. The van der Waals surface area contributed by atoms with Crippen LogP contribution in [0.3, 0.4) is 0 Å². The number of aromatic nitrogens is 3. The lowest BCUT2D eigenvalue weighted by atomic mass is 10.2. The summed E-state index contributed by atoms with van der Waals surface area (Å²) >= 11 is 1.19. The van der Waals surface area contributed by atoms with Gasteiger partial charge in [-0.2, -0.15) is 0 Å². The van der Waals surface area contributed by atoms with Gasteiger partial charge in [-0.25, -0.2) is 4.98 Å². The van der Waals surface area contributed by atoms with E-state index in [1.807, 2.05) is 19.0 Å². The van der Waals surface area contributed by atoms with Crippen molar-refractivity contribution in [3.05, 3.63) is 38.4 Å². The first kappa shape index (κ1) is 16.3. The van der Waals surface area contributed by atoms with E-state index in [4.69, 9.17) is 4.52 Å². The molecule has 0 aliphatic rings. The van der Waals surface area contributed by atoms with Crippen molar-refractivity contribution in [3.63, 3.8) is 0 Å². The molecule has 2 N–H and O–H groups in total. The lowest BCUT2D eigenvalue weighted by Gasteiger charge is -2.07. The van der Waals surface area contributed by atoms with Gasteiger partial charge >= 0.3 is 0 Å². The number of aryl methyl sites for hydroxylation is 2. The highest BCUT2D eigenvalue weighted by Gasteiger charge is 2.20. The third-order valence-corrected chi connectivity index (χ3v) is 4.58. The quantitative estimate of drug-likeness (QED) is 0.747. The molecule has 0 atom stereocenters. The van der Waals surface area contributed by atoms with Crippen molar-refractivity contribution in [2.24, 2.45) is 0 Å². The van der Waals surface area contributed by atoms with Crippen molar-refractivity contribution in [3.8, 4) is 0 Å². The van der Waals surface area contributed by atoms with Gasteiger partial charge in [-0.1, -0.05) is 5.16 Å². The Hall–Kier alpha value is -2.52. The van der Waals surface area contributed by atoms with Gasteiger partial charge in [-0.3, -0.25) is 9.59 Å². The van der Waals surface area contributed by atoms with Gasteiger partial charge in [0.2, 0.25) is 0 Å². The number of fused-ring (bicyclic) bond motifs is 1. The summed E-state index contributed by atoms with van der Waals surface area (Å²) in [4.78, 5) is 34.9. The second kappa shape index (κ2) is 6.17. The van der Waals surface area contributed by atoms with Crippen molar-refractivity contribution >= 4 is 33.3 Å². The molecule has 0 aliphatic heterocycles. The average Bonchev–Trinajstić information content (AvgIpc) is 3.02. The molecular formula is C15H17N5O3S. The Morgan fingerprint density at radius 1 is 1.42 bits per heavy atom. The van der Waals surface area contributed by atoms with E-state index < -0.39 is 0 Å². The van der Waals surface area contributed by atoms with Crippen LogP contribution in [0.5, 0.6) is 0 Å². The Morgan fingerprint density at radius 2 is 2.17 bits per heavy atom. The number of nitrogens with one attached hydrogen (secondary N) is 2. The maximum atomic E-state index is 12.5. The summed E-state index contributed by atoms with van der Waals surface area (Å²) in [5, 5.41) is 6.85. The molecule has 0 spiro atoms. The zero-order chi connectivity index (χ0) is 17.4. The summed E-state index contributed by atoms with van der Waals surface area (Å²) in [6.45, 7) is 4.00. The van der Waals surface area contributed by atoms with Crippen LogP contribution in [-0.4, -0.2) is 40.0 Å². The zero-order valence-electron chi connectivity index (χ0n) is 13.8. The predicted molar refractivity (Wildman–Crippen MR) is 91.6 cm³/mol. The van der Waals surface area contributed by atoms with Crippen LogP contribution in [0.25, 0.3) is 10.2 Å². The summed E-state index contributed by atoms with van der Waals surface area (Å²) < 4.78 is 4.93. The summed E-state index contributed by atoms with van der Waals surface area (Å²) in [6.07, 6.45) is 0. The molecule has 3 heterocycles. The third-order valence-electron chi connectivity index (χ3n) is 3.39. The normalized spacial score (nSPS) is 11.4. The first-order valence-corrected chi connectivity index (χ1v) is 8.08. The first-order chi connectivity index (χ1) is 11.3. The smallest absolute Gasteiger partial charge is 0.267 e. The van der Waals surface area contributed by atoms with Gasteiger partial charge < -0.3 is 19.7 Å².